The highest BCUT2D eigenvalue weighted by atomic mass is 127. The molecule has 0 saturated carbocycles. The van der Waals surface area contributed by atoms with Gasteiger partial charge in [-0.3, -0.25) is 4.99 Å². The molecule has 0 aliphatic rings. The average Bonchev–Trinajstić information content (AvgIpc) is 2.46. The normalized spacial score (nSPS) is 13.3. The van der Waals surface area contributed by atoms with Gasteiger partial charge in [0.25, 0.3) is 0 Å². The average molecular weight is 439 g/mol. The van der Waals surface area contributed by atoms with Crippen LogP contribution in [0, 0.1) is 12.7 Å². The summed E-state index contributed by atoms with van der Waals surface area (Å²) in [6.45, 7) is 8.93. The predicted molar refractivity (Wildman–Crippen MR) is 107 cm³/mol. The van der Waals surface area contributed by atoms with E-state index < -0.39 is 0 Å². The number of nitrogens with one attached hydrogen (secondary N) is 2. The van der Waals surface area contributed by atoms with Crippen molar-refractivity contribution in [2.24, 2.45) is 4.99 Å². The zero-order valence-corrected chi connectivity index (χ0v) is 17.3. The van der Waals surface area contributed by atoms with Gasteiger partial charge in [0.2, 0.25) is 0 Å². The van der Waals surface area contributed by atoms with Crippen LogP contribution in [-0.2, 0) is 0 Å². The molecule has 0 heterocycles. The van der Waals surface area contributed by atoms with Gasteiger partial charge in [0.05, 0.1) is 6.04 Å². The van der Waals surface area contributed by atoms with Crippen LogP contribution in [0.2, 0.25) is 0 Å². The minimum absolute atomic E-state index is 0. The third-order valence-electron chi connectivity index (χ3n) is 3.51. The molecule has 1 rings (SSSR count). The first-order chi connectivity index (χ1) is 9.79. The molecule has 0 bridgehead atoms. The van der Waals surface area contributed by atoms with Crippen molar-refractivity contribution in [1.82, 2.24) is 10.6 Å². The molecule has 0 spiro atoms. The first-order valence-corrected chi connectivity index (χ1v) is 8.30. The highest BCUT2D eigenvalue weighted by molar-refractivity contribution is 14.0. The largest absolute Gasteiger partial charge is 0.355 e. The Labute approximate surface area is 155 Å². The number of guanidine groups is 1. The van der Waals surface area contributed by atoms with Crippen molar-refractivity contribution in [1.29, 1.82) is 0 Å². The molecular formula is C16H27FIN3S. The lowest BCUT2D eigenvalue weighted by molar-refractivity contribution is 0.605. The van der Waals surface area contributed by atoms with Crippen molar-refractivity contribution in [3.63, 3.8) is 0 Å². The van der Waals surface area contributed by atoms with Gasteiger partial charge in [0.1, 0.15) is 5.82 Å². The minimum Gasteiger partial charge on any atom is -0.355 e. The molecule has 0 aliphatic carbocycles. The Balaban J connectivity index is 0.00000441. The maximum Gasteiger partial charge on any atom is 0.191 e. The first kappa shape index (κ1) is 21.5. The molecule has 22 heavy (non-hydrogen) atoms. The van der Waals surface area contributed by atoms with Crippen LogP contribution >= 0.6 is 35.7 Å². The number of rotatable bonds is 5. The van der Waals surface area contributed by atoms with Gasteiger partial charge < -0.3 is 10.6 Å². The van der Waals surface area contributed by atoms with Crippen LogP contribution in [0.1, 0.15) is 37.9 Å². The highest BCUT2D eigenvalue weighted by Gasteiger charge is 2.17. The van der Waals surface area contributed by atoms with E-state index in [9.17, 15) is 4.39 Å². The van der Waals surface area contributed by atoms with E-state index in [0.717, 1.165) is 18.1 Å². The van der Waals surface area contributed by atoms with Crippen LogP contribution < -0.4 is 10.6 Å². The SMILES string of the molecule is CN=C(NCC(C)(C)SC)NC(C)c1ccc(C)c(F)c1.I. The van der Waals surface area contributed by atoms with Crippen LogP contribution in [-0.4, -0.2) is 30.6 Å². The number of aliphatic imine (C=N–C) groups is 1. The zero-order valence-electron chi connectivity index (χ0n) is 14.2. The maximum absolute atomic E-state index is 13.6. The third-order valence-corrected chi connectivity index (χ3v) is 4.76. The monoisotopic (exact) mass is 439 g/mol. The van der Waals surface area contributed by atoms with Crippen molar-refractivity contribution >= 4 is 41.7 Å². The lowest BCUT2D eigenvalue weighted by Gasteiger charge is -2.25. The summed E-state index contributed by atoms with van der Waals surface area (Å²) in [7, 11) is 1.74. The van der Waals surface area contributed by atoms with Crippen LogP contribution in [0.5, 0.6) is 0 Å². The second kappa shape index (κ2) is 9.60. The highest BCUT2D eigenvalue weighted by Crippen LogP contribution is 2.20. The molecule has 1 atom stereocenters. The van der Waals surface area contributed by atoms with E-state index in [1.807, 2.05) is 13.0 Å². The van der Waals surface area contributed by atoms with Gasteiger partial charge >= 0.3 is 0 Å². The molecule has 0 aliphatic heterocycles. The lowest BCUT2D eigenvalue weighted by atomic mass is 10.1. The summed E-state index contributed by atoms with van der Waals surface area (Å²) in [6, 6.07) is 5.31. The van der Waals surface area contributed by atoms with E-state index in [4.69, 9.17) is 0 Å². The van der Waals surface area contributed by atoms with Gasteiger partial charge in [-0.2, -0.15) is 11.8 Å². The van der Waals surface area contributed by atoms with E-state index in [1.165, 1.54) is 0 Å². The zero-order chi connectivity index (χ0) is 16.0. The van der Waals surface area contributed by atoms with Gasteiger partial charge in [-0.05, 0) is 51.1 Å². The molecule has 1 aromatic rings. The van der Waals surface area contributed by atoms with Gasteiger partial charge in [-0.15, -0.1) is 24.0 Å². The number of nitrogens with zero attached hydrogens (tertiary/aromatic N) is 1. The molecule has 1 aromatic carbocycles. The molecule has 6 heteroatoms. The standard InChI is InChI=1S/C16H26FN3S.HI/c1-11-7-8-13(9-14(11)17)12(2)20-15(18-5)19-10-16(3,4)21-6;/h7-9,12H,10H2,1-6H3,(H2,18,19,20);1H. The van der Waals surface area contributed by atoms with Crippen molar-refractivity contribution in [3.05, 3.63) is 35.1 Å². The molecule has 0 fully saturated rings. The summed E-state index contributed by atoms with van der Waals surface area (Å²) in [5.74, 6) is 0.554. The third kappa shape index (κ3) is 6.73. The molecule has 126 valence electrons. The number of hydrogen-bond acceptors (Lipinski definition) is 2. The van der Waals surface area contributed by atoms with Gasteiger partial charge in [0, 0.05) is 18.3 Å². The van der Waals surface area contributed by atoms with E-state index >= 15 is 0 Å². The number of halogens is 2. The van der Waals surface area contributed by atoms with E-state index in [2.05, 4.69) is 35.7 Å². The van der Waals surface area contributed by atoms with Crippen LogP contribution in [0.25, 0.3) is 0 Å². The van der Waals surface area contributed by atoms with Gasteiger partial charge in [-0.1, -0.05) is 12.1 Å². The lowest BCUT2D eigenvalue weighted by Crippen LogP contribution is -2.44. The minimum atomic E-state index is -0.174. The van der Waals surface area contributed by atoms with E-state index in [0.29, 0.717) is 5.56 Å². The Morgan fingerprint density at radius 2 is 2.05 bits per heavy atom. The first-order valence-electron chi connectivity index (χ1n) is 7.07. The number of aryl methyl sites for hydroxylation is 1. The predicted octanol–water partition coefficient (Wildman–Crippen LogP) is 4.12. The molecule has 3 nitrogen and oxygen atoms in total. The molecular weight excluding hydrogens is 412 g/mol. The molecule has 0 saturated heterocycles. The quantitative estimate of drug-likeness (QED) is 0.412. The van der Waals surface area contributed by atoms with Crippen molar-refractivity contribution < 1.29 is 4.39 Å². The Morgan fingerprint density at radius 1 is 1.41 bits per heavy atom. The van der Waals surface area contributed by atoms with Crippen molar-refractivity contribution in [2.45, 2.75) is 38.5 Å². The molecule has 2 N–H and O–H groups in total. The fraction of sp³-hybridized carbons (Fsp3) is 0.562. The molecule has 0 aromatic heterocycles. The van der Waals surface area contributed by atoms with Gasteiger partial charge in [-0.25, -0.2) is 4.39 Å². The maximum atomic E-state index is 13.6. The fourth-order valence-electron chi connectivity index (χ4n) is 1.73. The fourth-order valence-corrected chi connectivity index (χ4v) is 1.95. The van der Waals surface area contributed by atoms with E-state index in [-0.39, 0.29) is 40.6 Å². The Morgan fingerprint density at radius 3 is 2.55 bits per heavy atom. The second-order valence-electron chi connectivity index (χ2n) is 5.76. The smallest absolute Gasteiger partial charge is 0.191 e. The molecule has 0 radical (unpaired) electrons. The second-order valence-corrected chi connectivity index (χ2v) is 7.28. The van der Waals surface area contributed by atoms with Crippen LogP contribution in [0.15, 0.2) is 23.2 Å². The van der Waals surface area contributed by atoms with Gasteiger partial charge in [0.15, 0.2) is 5.96 Å². The Bertz CT molecular complexity index is 506. The summed E-state index contributed by atoms with van der Waals surface area (Å²) >= 11 is 1.80. The number of benzene rings is 1. The number of thioether (sulfide) groups is 1. The topological polar surface area (TPSA) is 36.4 Å². The number of hydrogen-bond donors (Lipinski definition) is 2. The van der Waals surface area contributed by atoms with Crippen LogP contribution in [0.4, 0.5) is 4.39 Å². The summed E-state index contributed by atoms with van der Waals surface area (Å²) in [4.78, 5) is 4.22. The van der Waals surface area contributed by atoms with Crippen molar-refractivity contribution in [2.75, 3.05) is 19.8 Å². The Hall–Kier alpha value is -0.500. The Kier molecular flexibility index (Phi) is 9.38. The van der Waals surface area contributed by atoms with Crippen LogP contribution in [0.3, 0.4) is 0 Å². The summed E-state index contributed by atoms with van der Waals surface area (Å²) in [5, 5.41) is 6.60. The summed E-state index contributed by atoms with van der Waals surface area (Å²) < 4.78 is 13.8. The van der Waals surface area contributed by atoms with Crippen molar-refractivity contribution in [3.8, 4) is 0 Å². The molecule has 0 amide bonds. The molecule has 1 unspecified atom stereocenters. The summed E-state index contributed by atoms with van der Waals surface area (Å²) in [5.41, 5.74) is 1.57. The summed E-state index contributed by atoms with van der Waals surface area (Å²) in [6.07, 6.45) is 2.09. The van der Waals surface area contributed by atoms with E-state index in [1.54, 1.807) is 37.9 Å².